The Balaban J connectivity index is 3.23. The van der Waals surface area contributed by atoms with E-state index in [1.807, 2.05) is 6.20 Å². The molecule has 16 heavy (non-hydrogen) atoms. The van der Waals surface area contributed by atoms with Crippen LogP contribution in [0.4, 0.5) is 0 Å². The molecule has 1 heterocycles. The number of aryl methyl sites for hydroxylation is 1. The molecule has 0 aliphatic rings. The first-order chi connectivity index (χ1) is 7.61. The van der Waals surface area contributed by atoms with Crippen LogP contribution in [0, 0.1) is 11.3 Å². The number of halogens is 1. The lowest BCUT2D eigenvalue weighted by atomic mass is 9.92. The summed E-state index contributed by atoms with van der Waals surface area (Å²) in [4.78, 5) is 4.09. The quantitative estimate of drug-likeness (QED) is 0.739. The Kier molecular flexibility index (Phi) is 4.76. The van der Waals surface area contributed by atoms with E-state index in [2.05, 4.69) is 31.8 Å². The third-order valence-electron chi connectivity index (χ3n) is 2.64. The van der Waals surface area contributed by atoms with Gasteiger partial charge in [-0.2, -0.15) is 5.26 Å². The first kappa shape index (κ1) is 13.0. The Morgan fingerprint density at radius 1 is 1.50 bits per heavy atom. The summed E-state index contributed by atoms with van der Waals surface area (Å²) in [6, 6.07) is 2.17. The van der Waals surface area contributed by atoms with Crippen molar-refractivity contribution < 1.29 is 0 Å². The van der Waals surface area contributed by atoms with Gasteiger partial charge in [-0.25, -0.2) is 4.98 Å². The molecule has 0 saturated carbocycles. The predicted octanol–water partition coefficient (Wildman–Crippen LogP) is 4.07. The van der Waals surface area contributed by atoms with E-state index >= 15 is 0 Å². The molecule has 0 N–H and O–H groups in total. The van der Waals surface area contributed by atoms with Gasteiger partial charge in [-0.3, -0.25) is 0 Å². The average molecular weight is 237 g/mol. The fraction of sp³-hybridized carbons (Fsp3) is 0.538. The number of nitrogens with zero attached hydrogens (tertiary/aromatic N) is 2. The smallest absolute Gasteiger partial charge is 0.147 e. The second kappa shape index (κ2) is 5.86. The molecule has 0 spiro atoms. The first-order valence-corrected chi connectivity index (χ1v) is 6.07. The lowest BCUT2D eigenvalue weighted by molar-refractivity contribution is 0.761. The van der Waals surface area contributed by atoms with Crippen LogP contribution in [0.2, 0.25) is 5.15 Å². The van der Waals surface area contributed by atoms with Gasteiger partial charge in [-0.05, 0) is 29.9 Å². The maximum atomic E-state index is 9.12. The predicted molar refractivity (Wildman–Crippen MR) is 66.7 cm³/mol. The second-order valence-electron chi connectivity index (χ2n) is 4.23. The van der Waals surface area contributed by atoms with E-state index < -0.39 is 0 Å². The molecular weight excluding hydrogens is 220 g/mol. The number of nitriles is 1. The van der Waals surface area contributed by atoms with E-state index in [0.717, 1.165) is 30.4 Å². The van der Waals surface area contributed by atoms with Crippen LogP contribution in [0.5, 0.6) is 0 Å². The highest BCUT2D eigenvalue weighted by molar-refractivity contribution is 6.30. The van der Waals surface area contributed by atoms with Gasteiger partial charge in [0.05, 0.1) is 5.56 Å². The zero-order chi connectivity index (χ0) is 12.1. The third kappa shape index (κ3) is 2.74. The van der Waals surface area contributed by atoms with E-state index in [-0.39, 0.29) is 0 Å². The van der Waals surface area contributed by atoms with Crippen LogP contribution in [-0.2, 0) is 6.42 Å². The summed E-state index contributed by atoms with van der Waals surface area (Å²) < 4.78 is 0. The Morgan fingerprint density at radius 3 is 2.69 bits per heavy atom. The van der Waals surface area contributed by atoms with E-state index in [1.165, 1.54) is 0 Å². The van der Waals surface area contributed by atoms with Crippen molar-refractivity contribution in [1.29, 1.82) is 5.26 Å². The molecule has 2 nitrogen and oxygen atoms in total. The van der Waals surface area contributed by atoms with Gasteiger partial charge in [-0.1, -0.05) is 38.8 Å². The number of rotatable bonds is 4. The van der Waals surface area contributed by atoms with Crippen molar-refractivity contribution in [2.75, 3.05) is 0 Å². The normalized spacial score (nSPS) is 10.5. The minimum absolute atomic E-state index is 0.307. The van der Waals surface area contributed by atoms with Crippen molar-refractivity contribution in [3.05, 3.63) is 28.0 Å². The van der Waals surface area contributed by atoms with Gasteiger partial charge < -0.3 is 0 Å². The molecule has 0 aliphatic heterocycles. The molecule has 1 aromatic heterocycles. The Hall–Kier alpha value is -1.07. The number of aromatic nitrogens is 1. The lowest BCUT2D eigenvalue weighted by Crippen LogP contribution is -2.03. The van der Waals surface area contributed by atoms with E-state index in [4.69, 9.17) is 16.9 Å². The van der Waals surface area contributed by atoms with Crippen molar-refractivity contribution in [2.45, 2.75) is 46.0 Å². The lowest BCUT2D eigenvalue weighted by Gasteiger charge is -2.14. The van der Waals surface area contributed by atoms with Gasteiger partial charge >= 0.3 is 0 Å². The number of hydrogen-bond acceptors (Lipinski definition) is 2. The number of pyridine rings is 1. The molecule has 0 saturated heterocycles. The fourth-order valence-corrected chi connectivity index (χ4v) is 2.07. The van der Waals surface area contributed by atoms with Crippen LogP contribution < -0.4 is 0 Å². The molecule has 0 amide bonds. The van der Waals surface area contributed by atoms with Crippen molar-refractivity contribution >= 4 is 11.6 Å². The van der Waals surface area contributed by atoms with Gasteiger partial charge in [0, 0.05) is 6.20 Å². The third-order valence-corrected chi connectivity index (χ3v) is 2.93. The zero-order valence-corrected chi connectivity index (χ0v) is 10.8. The van der Waals surface area contributed by atoms with Crippen LogP contribution in [0.15, 0.2) is 6.20 Å². The van der Waals surface area contributed by atoms with Crippen molar-refractivity contribution in [2.24, 2.45) is 0 Å². The SMILES string of the molecule is CCCCc1cnc(Cl)c(C#N)c1C(C)C. The van der Waals surface area contributed by atoms with Gasteiger partial charge in [0.25, 0.3) is 0 Å². The van der Waals surface area contributed by atoms with E-state index in [1.54, 1.807) is 0 Å². The molecule has 1 rings (SSSR count). The summed E-state index contributed by atoms with van der Waals surface area (Å²) in [6.45, 7) is 6.33. The van der Waals surface area contributed by atoms with Crippen molar-refractivity contribution in [3.63, 3.8) is 0 Å². The van der Waals surface area contributed by atoms with Crippen LogP contribution in [0.3, 0.4) is 0 Å². The molecular formula is C13H17ClN2. The number of hydrogen-bond donors (Lipinski definition) is 0. The highest BCUT2D eigenvalue weighted by Crippen LogP contribution is 2.28. The van der Waals surface area contributed by atoms with Crippen LogP contribution in [-0.4, -0.2) is 4.98 Å². The largest absolute Gasteiger partial charge is 0.243 e. The van der Waals surface area contributed by atoms with E-state index in [0.29, 0.717) is 16.6 Å². The minimum Gasteiger partial charge on any atom is -0.243 e. The van der Waals surface area contributed by atoms with Gasteiger partial charge in [-0.15, -0.1) is 0 Å². The van der Waals surface area contributed by atoms with Crippen LogP contribution >= 0.6 is 11.6 Å². The molecule has 86 valence electrons. The summed E-state index contributed by atoms with van der Waals surface area (Å²) >= 11 is 5.95. The summed E-state index contributed by atoms with van der Waals surface area (Å²) in [7, 11) is 0. The van der Waals surface area contributed by atoms with Crippen molar-refractivity contribution in [1.82, 2.24) is 4.98 Å². The molecule has 0 bridgehead atoms. The van der Waals surface area contributed by atoms with Crippen molar-refractivity contribution in [3.8, 4) is 6.07 Å². The molecule has 0 unspecified atom stereocenters. The second-order valence-corrected chi connectivity index (χ2v) is 4.59. The Labute approximate surface area is 102 Å². The Bertz CT molecular complexity index is 405. The monoisotopic (exact) mass is 236 g/mol. The summed E-state index contributed by atoms with van der Waals surface area (Å²) in [5.74, 6) is 0.307. The number of unbranched alkanes of at least 4 members (excludes halogenated alkanes) is 1. The van der Waals surface area contributed by atoms with Gasteiger partial charge in [0.15, 0.2) is 0 Å². The molecule has 0 atom stereocenters. The summed E-state index contributed by atoms with van der Waals surface area (Å²) in [6.07, 6.45) is 5.05. The minimum atomic E-state index is 0.307. The molecule has 0 radical (unpaired) electrons. The molecule has 0 fully saturated rings. The highest BCUT2D eigenvalue weighted by Gasteiger charge is 2.15. The molecule has 3 heteroatoms. The summed E-state index contributed by atoms with van der Waals surface area (Å²) in [5, 5.41) is 9.45. The van der Waals surface area contributed by atoms with Crippen LogP contribution in [0.1, 0.15) is 56.2 Å². The standard InChI is InChI=1S/C13H17ClN2/c1-4-5-6-10-8-16-13(14)11(7-15)12(10)9(2)3/h8-9H,4-6H2,1-3H3. The fourth-order valence-electron chi connectivity index (χ4n) is 1.87. The maximum Gasteiger partial charge on any atom is 0.147 e. The Morgan fingerprint density at radius 2 is 2.19 bits per heavy atom. The maximum absolute atomic E-state index is 9.12. The zero-order valence-electron chi connectivity index (χ0n) is 10.0. The molecule has 1 aromatic rings. The highest BCUT2D eigenvalue weighted by atomic mass is 35.5. The van der Waals surface area contributed by atoms with Crippen LogP contribution in [0.25, 0.3) is 0 Å². The van der Waals surface area contributed by atoms with Gasteiger partial charge in [0.2, 0.25) is 0 Å². The molecule has 0 aliphatic carbocycles. The topological polar surface area (TPSA) is 36.7 Å². The first-order valence-electron chi connectivity index (χ1n) is 5.69. The summed E-state index contributed by atoms with van der Waals surface area (Å²) in [5.41, 5.74) is 2.78. The van der Waals surface area contributed by atoms with E-state index in [9.17, 15) is 0 Å². The average Bonchev–Trinajstić information content (AvgIpc) is 2.26. The van der Waals surface area contributed by atoms with Gasteiger partial charge in [0.1, 0.15) is 11.2 Å². The molecule has 0 aromatic carbocycles.